The van der Waals surface area contributed by atoms with Gasteiger partial charge in [0.25, 0.3) is 0 Å². The zero-order valence-corrected chi connectivity index (χ0v) is 9.29. The highest BCUT2D eigenvalue weighted by atomic mass is 16.2. The third-order valence-corrected chi connectivity index (χ3v) is 3.60. The lowest BCUT2D eigenvalue weighted by molar-refractivity contribution is -0.128. The van der Waals surface area contributed by atoms with Crippen LogP contribution in [0.1, 0.15) is 45.4 Å². The summed E-state index contributed by atoms with van der Waals surface area (Å²) >= 11 is 0. The Hall–Kier alpha value is -0.860. The fraction of sp³-hybridized carbons (Fsp3) is 0.833. The Balaban J connectivity index is 1.76. The van der Waals surface area contributed by atoms with Gasteiger partial charge in [0.2, 0.25) is 5.91 Å². The highest BCUT2D eigenvalue weighted by Gasteiger charge is 2.31. The average molecular weight is 209 g/mol. The van der Waals surface area contributed by atoms with E-state index < -0.39 is 0 Å². The van der Waals surface area contributed by atoms with Gasteiger partial charge in [-0.1, -0.05) is 0 Å². The lowest BCUT2D eigenvalue weighted by Crippen LogP contribution is -2.35. The molecule has 2 saturated carbocycles. The second kappa shape index (κ2) is 4.33. The molecule has 0 aromatic carbocycles. The number of amides is 1. The Morgan fingerprint density at radius 1 is 0.933 bits per heavy atom. The van der Waals surface area contributed by atoms with Gasteiger partial charge in [0.05, 0.1) is 0 Å². The second-order valence-corrected chi connectivity index (χ2v) is 4.94. The lowest BCUT2D eigenvalue weighted by Gasteiger charge is -2.26. The van der Waals surface area contributed by atoms with Gasteiger partial charge in [-0.3, -0.25) is 9.59 Å². The molecule has 0 heterocycles. The molecule has 84 valence electrons. The highest BCUT2D eigenvalue weighted by molar-refractivity contribution is 5.81. The number of rotatable bonds is 3. The van der Waals surface area contributed by atoms with Crippen LogP contribution >= 0.6 is 0 Å². The van der Waals surface area contributed by atoms with Crippen LogP contribution in [0.5, 0.6) is 0 Å². The molecule has 1 amide bonds. The molecule has 2 fully saturated rings. The molecule has 3 nitrogen and oxygen atoms in total. The van der Waals surface area contributed by atoms with Gasteiger partial charge in [0, 0.05) is 17.9 Å². The number of hydrogen-bond donors (Lipinski definition) is 1. The maximum Gasteiger partial charge on any atom is 0.223 e. The summed E-state index contributed by atoms with van der Waals surface area (Å²) < 4.78 is 0. The van der Waals surface area contributed by atoms with Crippen LogP contribution in [0.3, 0.4) is 0 Å². The number of carbonyl (C=O) groups is 2. The maximum atomic E-state index is 11.7. The van der Waals surface area contributed by atoms with E-state index in [1.807, 2.05) is 0 Å². The van der Waals surface area contributed by atoms with Crippen molar-refractivity contribution < 1.29 is 9.59 Å². The van der Waals surface area contributed by atoms with Crippen LogP contribution in [0.2, 0.25) is 0 Å². The minimum atomic E-state index is 0.168. The molecule has 2 rings (SSSR count). The Kier molecular flexibility index (Phi) is 3.08. The first-order valence-corrected chi connectivity index (χ1v) is 5.97. The molecule has 0 aromatic heterocycles. The molecular weight excluding hydrogens is 190 g/mol. The first kappa shape index (κ1) is 10.7. The molecule has 0 spiro atoms. The van der Waals surface area contributed by atoms with E-state index in [-0.39, 0.29) is 23.5 Å². The zero-order chi connectivity index (χ0) is 10.8. The van der Waals surface area contributed by atoms with Crippen molar-refractivity contribution in [1.29, 1.82) is 0 Å². The maximum absolute atomic E-state index is 11.7. The van der Waals surface area contributed by atoms with E-state index >= 15 is 0 Å². The topological polar surface area (TPSA) is 46.2 Å². The van der Waals surface area contributed by atoms with Gasteiger partial charge in [0.15, 0.2) is 0 Å². The van der Waals surface area contributed by atoms with E-state index in [2.05, 4.69) is 5.32 Å². The van der Waals surface area contributed by atoms with E-state index in [1.165, 1.54) is 0 Å². The number of hydrogen-bond acceptors (Lipinski definition) is 2. The summed E-state index contributed by atoms with van der Waals surface area (Å²) in [6.45, 7) is 1.66. The summed E-state index contributed by atoms with van der Waals surface area (Å²) in [5.41, 5.74) is 0. The normalized spacial score (nSPS) is 31.0. The molecule has 2 aliphatic rings. The minimum Gasteiger partial charge on any atom is -0.353 e. The zero-order valence-electron chi connectivity index (χ0n) is 9.29. The van der Waals surface area contributed by atoms with Gasteiger partial charge in [-0.15, -0.1) is 0 Å². The van der Waals surface area contributed by atoms with E-state index in [1.54, 1.807) is 6.92 Å². The lowest BCUT2D eigenvalue weighted by atomic mass is 9.80. The quantitative estimate of drug-likeness (QED) is 0.768. The number of carbonyl (C=O) groups excluding carboxylic acids is 2. The van der Waals surface area contributed by atoms with Crippen LogP contribution in [0.25, 0.3) is 0 Å². The third-order valence-electron chi connectivity index (χ3n) is 3.60. The first-order valence-electron chi connectivity index (χ1n) is 5.97. The Labute approximate surface area is 90.6 Å². The molecule has 3 heteroatoms. The van der Waals surface area contributed by atoms with Crippen LogP contribution in [0, 0.1) is 11.8 Å². The van der Waals surface area contributed by atoms with Crippen LogP contribution in [-0.2, 0) is 9.59 Å². The molecule has 0 aromatic rings. The first-order chi connectivity index (χ1) is 7.16. The molecule has 2 aliphatic carbocycles. The van der Waals surface area contributed by atoms with Crippen molar-refractivity contribution in [3.05, 3.63) is 0 Å². The van der Waals surface area contributed by atoms with E-state index in [4.69, 9.17) is 0 Å². The highest BCUT2D eigenvalue weighted by Crippen LogP contribution is 2.30. The number of Topliss-reactive ketones (excluding diaryl/α,β-unsaturated/α-hetero) is 1. The van der Waals surface area contributed by atoms with Gasteiger partial charge in [-0.25, -0.2) is 0 Å². The largest absolute Gasteiger partial charge is 0.353 e. The van der Waals surface area contributed by atoms with Crippen molar-refractivity contribution in [3.63, 3.8) is 0 Å². The fourth-order valence-electron chi connectivity index (χ4n) is 2.31. The molecule has 0 aliphatic heterocycles. The van der Waals surface area contributed by atoms with Gasteiger partial charge in [-0.2, -0.15) is 0 Å². The van der Waals surface area contributed by atoms with Crippen molar-refractivity contribution in [2.24, 2.45) is 11.8 Å². The SMILES string of the molecule is CC(=O)C1CCC(C(=O)NC2CC2)CC1. The van der Waals surface area contributed by atoms with Gasteiger partial charge < -0.3 is 5.32 Å². The summed E-state index contributed by atoms with van der Waals surface area (Å²) in [4.78, 5) is 22.9. The molecule has 0 radical (unpaired) electrons. The monoisotopic (exact) mass is 209 g/mol. The number of nitrogens with one attached hydrogen (secondary N) is 1. The molecule has 0 bridgehead atoms. The summed E-state index contributed by atoms with van der Waals surface area (Å²) in [7, 11) is 0. The summed E-state index contributed by atoms with van der Waals surface area (Å²) in [5, 5.41) is 3.04. The molecule has 0 unspecified atom stereocenters. The Bertz CT molecular complexity index is 263. The van der Waals surface area contributed by atoms with Crippen molar-refractivity contribution in [3.8, 4) is 0 Å². The molecule has 0 atom stereocenters. The van der Waals surface area contributed by atoms with Gasteiger partial charge >= 0.3 is 0 Å². The van der Waals surface area contributed by atoms with Gasteiger partial charge in [0.1, 0.15) is 5.78 Å². The molecule has 0 saturated heterocycles. The second-order valence-electron chi connectivity index (χ2n) is 4.94. The van der Waals surface area contributed by atoms with Crippen LogP contribution < -0.4 is 5.32 Å². The summed E-state index contributed by atoms with van der Waals surface area (Å²) in [6.07, 6.45) is 5.88. The van der Waals surface area contributed by atoms with E-state index in [0.29, 0.717) is 6.04 Å². The predicted octanol–water partition coefficient (Wildman–Crippen LogP) is 1.66. The van der Waals surface area contributed by atoms with E-state index in [9.17, 15) is 9.59 Å². The smallest absolute Gasteiger partial charge is 0.223 e. The van der Waals surface area contributed by atoms with Crippen molar-refractivity contribution in [2.75, 3.05) is 0 Å². The average Bonchev–Trinajstić information content (AvgIpc) is 3.02. The van der Waals surface area contributed by atoms with Crippen LogP contribution in [0.15, 0.2) is 0 Å². The van der Waals surface area contributed by atoms with Crippen LogP contribution in [-0.4, -0.2) is 17.7 Å². The fourth-order valence-corrected chi connectivity index (χ4v) is 2.31. The van der Waals surface area contributed by atoms with Crippen LogP contribution in [0.4, 0.5) is 0 Å². The molecule has 1 N–H and O–H groups in total. The predicted molar refractivity (Wildman–Crippen MR) is 57.3 cm³/mol. The summed E-state index contributed by atoms with van der Waals surface area (Å²) in [5.74, 6) is 0.895. The minimum absolute atomic E-state index is 0.168. The van der Waals surface area contributed by atoms with Crippen molar-refractivity contribution >= 4 is 11.7 Å². The third kappa shape index (κ3) is 2.80. The standard InChI is InChI=1S/C12H19NO2/c1-8(14)9-2-4-10(5-3-9)12(15)13-11-6-7-11/h9-11H,2-7H2,1H3,(H,13,15). The molecule has 15 heavy (non-hydrogen) atoms. The summed E-state index contributed by atoms with van der Waals surface area (Å²) in [6, 6.07) is 0.461. The number of ketones is 1. The Morgan fingerprint density at radius 2 is 1.47 bits per heavy atom. The van der Waals surface area contributed by atoms with Gasteiger partial charge in [-0.05, 0) is 45.4 Å². The Morgan fingerprint density at radius 3 is 1.93 bits per heavy atom. The van der Waals surface area contributed by atoms with E-state index in [0.717, 1.165) is 38.5 Å². The van der Waals surface area contributed by atoms with Crippen molar-refractivity contribution in [2.45, 2.75) is 51.5 Å². The molecular formula is C12H19NO2. The van der Waals surface area contributed by atoms with Crippen molar-refractivity contribution in [1.82, 2.24) is 5.32 Å².